The van der Waals surface area contributed by atoms with E-state index in [1.807, 2.05) is 36.4 Å². The smallest absolute Gasteiger partial charge is 0.220 e. The van der Waals surface area contributed by atoms with Crippen molar-refractivity contribution >= 4 is 5.91 Å². The molecule has 0 saturated heterocycles. The zero-order valence-corrected chi connectivity index (χ0v) is 15.1. The van der Waals surface area contributed by atoms with E-state index in [2.05, 4.69) is 24.4 Å². The lowest BCUT2D eigenvalue weighted by Crippen LogP contribution is -2.22. The van der Waals surface area contributed by atoms with Gasteiger partial charge in [-0.3, -0.25) is 4.79 Å². The van der Waals surface area contributed by atoms with Crippen LogP contribution in [-0.4, -0.2) is 19.6 Å². The number of rotatable bonds is 10. The van der Waals surface area contributed by atoms with Crippen molar-refractivity contribution in [1.29, 1.82) is 0 Å². The summed E-state index contributed by atoms with van der Waals surface area (Å²) in [4.78, 5) is 12.0. The fourth-order valence-electron chi connectivity index (χ4n) is 2.54. The summed E-state index contributed by atoms with van der Waals surface area (Å²) in [5.41, 5.74) is 2.26. The van der Waals surface area contributed by atoms with Gasteiger partial charge in [0.1, 0.15) is 0 Å². The molecule has 1 N–H and O–H groups in total. The molecule has 1 amide bonds. The molecule has 0 unspecified atom stereocenters. The van der Waals surface area contributed by atoms with Crippen molar-refractivity contribution in [2.45, 2.75) is 39.2 Å². The second kappa shape index (κ2) is 10.4. The number of hydrogen-bond donors (Lipinski definition) is 1. The van der Waals surface area contributed by atoms with Crippen LogP contribution in [0.3, 0.4) is 0 Å². The minimum absolute atomic E-state index is 0.0706. The highest BCUT2D eigenvalue weighted by atomic mass is 16.5. The van der Waals surface area contributed by atoms with Crippen molar-refractivity contribution in [2.75, 3.05) is 13.7 Å². The summed E-state index contributed by atoms with van der Waals surface area (Å²) in [6.07, 6.45) is 3.25. The Labute approximate surface area is 150 Å². The van der Waals surface area contributed by atoms with E-state index in [0.717, 1.165) is 30.6 Å². The van der Waals surface area contributed by atoms with E-state index in [-0.39, 0.29) is 5.91 Å². The summed E-state index contributed by atoms with van der Waals surface area (Å²) in [5.74, 6) is 1.51. The zero-order valence-electron chi connectivity index (χ0n) is 15.1. The Kier molecular flexibility index (Phi) is 7.83. The summed E-state index contributed by atoms with van der Waals surface area (Å²) in [7, 11) is 1.63. The lowest BCUT2D eigenvalue weighted by Gasteiger charge is -2.12. The third-order valence-corrected chi connectivity index (χ3v) is 3.89. The molecule has 134 valence electrons. The van der Waals surface area contributed by atoms with E-state index in [0.29, 0.717) is 25.3 Å². The first-order valence-corrected chi connectivity index (χ1v) is 8.83. The number of amides is 1. The first kappa shape index (κ1) is 18.8. The maximum absolute atomic E-state index is 12.0. The van der Waals surface area contributed by atoms with Gasteiger partial charge >= 0.3 is 0 Å². The van der Waals surface area contributed by atoms with Gasteiger partial charge in [0.2, 0.25) is 5.91 Å². The van der Waals surface area contributed by atoms with Crippen molar-refractivity contribution in [3.05, 3.63) is 59.7 Å². The molecule has 4 heteroatoms. The molecule has 2 aromatic carbocycles. The van der Waals surface area contributed by atoms with E-state index in [4.69, 9.17) is 9.47 Å². The Morgan fingerprint density at radius 3 is 2.56 bits per heavy atom. The Hall–Kier alpha value is -2.49. The summed E-state index contributed by atoms with van der Waals surface area (Å²) in [6, 6.07) is 16.0. The molecule has 4 nitrogen and oxygen atoms in total. The van der Waals surface area contributed by atoms with Crippen LogP contribution >= 0.6 is 0 Å². The molecule has 0 aliphatic rings. The predicted octanol–water partition coefficient (Wildman–Crippen LogP) is 4.12. The first-order valence-electron chi connectivity index (χ1n) is 8.83. The Morgan fingerprint density at radius 1 is 1.04 bits per heavy atom. The van der Waals surface area contributed by atoms with Crippen LogP contribution in [0.5, 0.6) is 11.5 Å². The van der Waals surface area contributed by atoms with Crippen LogP contribution in [0.15, 0.2) is 48.5 Å². The molecular weight excluding hydrogens is 314 g/mol. The van der Waals surface area contributed by atoms with Crippen LogP contribution in [0.4, 0.5) is 0 Å². The van der Waals surface area contributed by atoms with Crippen LogP contribution in [0.1, 0.15) is 37.3 Å². The molecule has 0 aromatic heterocycles. The molecule has 25 heavy (non-hydrogen) atoms. The van der Waals surface area contributed by atoms with Crippen LogP contribution in [0.2, 0.25) is 0 Å². The van der Waals surface area contributed by atoms with Crippen molar-refractivity contribution in [1.82, 2.24) is 5.32 Å². The van der Waals surface area contributed by atoms with Gasteiger partial charge in [-0.05, 0) is 42.5 Å². The van der Waals surface area contributed by atoms with E-state index < -0.39 is 0 Å². The number of ether oxygens (including phenoxy) is 2. The van der Waals surface area contributed by atoms with Gasteiger partial charge in [-0.2, -0.15) is 0 Å². The topological polar surface area (TPSA) is 47.6 Å². The normalized spacial score (nSPS) is 10.3. The minimum atomic E-state index is 0.0706. The average Bonchev–Trinajstić information content (AvgIpc) is 2.65. The summed E-state index contributed by atoms with van der Waals surface area (Å²) in [5, 5.41) is 2.96. The molecule has 0 bridgehead atoms. The molecule has 0 spiro atoms. The number of aryl methyl sites for hydroxylation is 1. The third-order valence-electron chi connectivity index (χ3n) is 3.89. The van der Waals surface area contributed by atoms with Gasteiger partial charge < -0.3 is 14.8 Å². The number of carbonyl (C=O) groups is 1. The van der Waals surface area contributed by atoms with Crippen molar-refractivity contribution in [3.63, 3.8) is 0 Å². The van der Waals surface area contributed by atoms with Crippen LogP contribution in [-0.2, 0) is 17.8 Å². The quantitative estimate of drug-likeness (QED) is 0.707. The predicted molar refractivity (Wildman–Crippen MR) is 100 cm³/mol. The molecule has 2 rings (SSSR count). The van der Waals surface area contributed by atoms with Crippen LogP contribution in [0, 0.1) is 0 Å². The Balaban J connectivity index is 1.77. The number of methoxy groups -OCH3 is 1. The van der Waals surface area contributed by atoms with E-state index in [1.54, 1.807) is 7.11 Å². The number of benzene rings is 2. The third kappa shape index (κ3) is 6.49. The summed E-state index contributed by atoms with van der Waals surface area (Å²) < 4.78 is 11.0. The summed E-state index contributed by atoms with van der Waals surface area (Å²) >= 11 is 0. The van der Waals surface area contributed by atoms with Gasteiger partial charge in [-0.15, -0.1) is 0 Å². The molecule has 0 aliphatic heterocycles. The molecule has 0 fully saturated rings. The van der Waals surface area contributed by atoms with Crippen molar-refractivity contribution < 1.29 is 14.3 Å². The Bertz CT molecular complexity index is 655. The van der Waals surface area contributed by atoms with E-state index >= 15 is 0 Å². The van der Waals surface area contributed by atoms with Gasteiger partial charge in [-0.1, -0.05) is 43.3 Å². The molecular formula is C21H27NO3. The van der Waals surface area contributed by atoms with Crippen molar-refractivity contribution in [2.24, 2.45) is 0 Å². The van der Waals surface area contributed by atoms with Crippen LogP contribution < -0.4 is 14.8 Å². The zero-order chi connectivity index (χ0) is 17.9. The lowest BCUT2D eigenvalue weighted by molar-refractivity contribution is -0.121. The van der Waals surface area contributed by atoms with E-state index in [1.165, 1.54) is 5.56 Å². The maximum atomic E-state index is 12.0. The van der Waals surface area contributed by atoms with Gasteiger partial charge in [0.05, 0.1) is 13.7 Å². The molecule has 0 atom stereocenters. The van der Waals surface area contributed by atoms with E-state index in [9.17, 15) is 4.79 Å². The standard InChI is InChI=1S/C21H27NO3/c1-3-14-25-19-13-12-18(15-20(19)24-2)16-22-21(23)11-7-10-17-8-5-4-6-9-17/h4-6,8-9,12-13,15H,3,7,10-11,14,16H2,1-2H3,(H,22,23). The SMILES string of the molecule is CCCOc1ccc(CNC(=O)CCCc2ccccc2)cc1OC. The molecule has 2 aromatic rings. The minimum Gasteiger partial charge on any atom is -0.493 e. The highest BCUT2D eigenvalue weighted by Crippen LogP contribution is 2.28. The monoisotopic (exact) mass is 341 g/mol. The summed E-state index contributed by atoms with van der Waals surface area (Å²) in [6.45, 7) is 3.22. The van der Waals surface area contributed by atoms with Crippen molar-refractivity contribution in [3.8, 4) is 11.5 Å². The fraction of sp³-hybridized carbons (Fsp3) is 0.381. The highest BCUT2D eigenvalue weighted by Gasteiger charge is 2.07. The molecule has 0 heterocycles. The fourth-order valence-corrected chi connectivity index (χ4v) is 2.54. The first-order chi connectivity index (χ1) is 12.2. The largest absolute Gasteiger partial charge is 0.493 e. The molecule has 0 saturated carbocycles. The highest BCUT2D eigenvalue weighted by molar-refractivity contribution is 5.75. The molecule has 0 radical (unpaired) electrons. The lowest BCUT2D eigenvalue weighted by atomic mass is 10.1. The average molecular weight is 341 g/mol. The number of nitrogens with one attached hydrogen (secondary N) is 1. The van der Waals surface area contributed by atoms with Gasteiger partial charge in [0.15, 0.2) is 11.5 Å². The Morgan fingerprint density at radius 2 is 1.84 bits per heavy atom. The maximum Gasteiger partial charge on any atom is 0.220 e. The molecule has 0 aliphatic carbocycles. The van der Waals surface area contributed by atoms with Gasteiger partial charge in [0, 0.05) is 13.0 Å². The second-order valence-electron chi connectivity index (χ2n) is 5.95. The second-order valence-corrected chi connectivity index (χ2v) is 5.95. The van der Waals surface area contributed by atoms with Gasteiger partial charge in [0.25, 0.3) is 0 Å². The number of carbonyl (C=O) groups excluding carboxylic acids is 1. The number of hydrogen-bond acceptors (Lipinski definition) is 3. The van der Waals surface area contributed by atoms with Gasteiger partial charge in [-0.25, -0.2) is 0 Å². The van der Waals surface area contributed by atoms with Crippen LogP contribution in [0.25, 0.3) is 0 Å².